The number of alkyl halides is 3. The van der Waals surface area contributed by atoms with Gasteiger partial charge in [0.1, 0.15) is 0 Å². The maximum absolute atomic E-state index is 12.8. The van der Waals surface area contributed by atoms with Gasteiger partial charge in [0.15, 0.2) is 16.1 Å². The van der Waals surface area contributed by atoms with E-state index in [1.54, 1.807) is 5.38 Å². The van der Waals surface area contributed by atoms with Crippen LogP contribution in [0.2, 0.25) is 0 Å². The largest absolute Gasteiger partial charge is 0.426 e. The quantitative estimate of drug-likeness (QED) is 0.679. The van der Waals surface area contributed by atoms with E-state index in [1.165, 1.54) is 31.2 Å². The van der Waals surface area contributed by atoms with Crippen molar-refractivity contribution in [3.8, 4) is 0 Å². The summed E-state index contributed by atoms with van der Waals surface area (Å²) in [4.78, 5) is 22.9. The Morgan fingerprint density at radius 1 is 1.29 bits per heavy atom. The Bertz CT molecular complexity index is 1010. The molecule has 1 aromatic carbocycles. The first-order valence-corrected chi connectivity index (χ1v) is 10.3. The van der Waals surface area contributed by atoms with Gasteiger partial charge in [0, 0.05) is 5.69 Å². The van der Waals surface area contributed by atoms with E-state index < -0.39 is 33.3 Å². The number of hydrogen-bond donors (Lipinski definition) is 2. The number of rotatable bonds is 6. The van der Waals surface area contributed by atoms with Crippen LogP contribution in [0.15, 0.2) is 34.5 Å². The van der Waals surface area contributed by atoms with Crippen LogP contribution in [-0.2, 0) is 20.4 Å². The van der Waals surface area contributed by atoms with Crippen LogP contribution in [0.3, 0.4) is 0 Å². The van der Waals surface area contributed by atoms with Crippen molar-refractivity contribution in [2.24, 2.45) is 0 Å². The second kappa shape index (κ2) is 7.64. The third-order valence-corrected chi connectivity index (χ3v) is 6.78. The Balaban J connectivity index is 2.37. The molecule has 0 aliphatic rings. The Morgan fingerprint density at radius 2 is 1.93 bits per heavy atom. The maximum atomic E-state index is 12.8. The number of anilines is 1. The van der Waals surface area contributed by atoms with Crippen LogP contribution in [0.4, 0.5) is 18.9 Å². The molecule has 0 aliphatic heterocycles. The summed E-state index contributed by atoms with van der Waals surface area (Å²) in [5.74, 6) is -2.22. The van der Waals surface area contributed by atoms with Gasteiger partial charge in [-0.15, -0.1) is 11.3 Å². The van der Waals surface area contributed by atoms with E-state index in [1.807, 2.05) is 5.32 Å². The van der Waals surface area contributed by atoms with Crippen LogP contribution in [0.5, 0.6) is 0 Å². The summed E-state index contributed by atoms with van der Waals surface area (Å²) >= 11 is 1.08. The van der Waals surface area contributed by atoms with Gasteiger partial charge in [-0.25, -0.2) is 8.42 Å². The molecule has 0 spiro atoms. The van der Waals surface area contributed by atoms with Gasteiger partial charge in [-0.1, -0.05) is 6.07 Å². The standard InChI is InChI=1S/C17H16F3NO5S2/c1-10-12(21-15(23)16(2,24)17(18,19)20)4-3-5-14(10)28(25,26)9-11-6-7-27-13(11)8-22/h3-8,24H,9H2,1-2H3,(H,21,23)/t16-/m0/s1. The van der Waals surface area contributed by atoms with E-state index in [0.29, 0.717) is 18.8 Å². The second-order valence-corrected chi connectivity index (χ2v) is 9.05. The lowest BCUT2D eigenvalue weighted by Crippen LogP contribution is -2.52. The summed E-state index contributed by atoms with van der Waals surface area (Å²) in [5, 5.41) is 12.9. The molecule has 0 aliphatic carbocycles. The van der Waals surface area contributed by atoms with Gasteiger partial charge in [0.2, 0.25) is 5.60 Å². The van der Waals surface area contributed by atoms with E-state index in [-0.39, 0.29) is 21.0 Å². The topological polar surface area (TPSA) is 101 Å². The van der Waals surface area contributed by atoms with Gasteiger partial charge >= 0.3 is 6.18 Å². The lowest BCUT2D eigenvalue weighted by Gasteiger charge is -2.25. The molecule has 2 rings (SSSR count). The van der Waals surface area contributed by atoms with Crippen molar-refractivity contribution in [1.82, 2.24) is 0 Å². The van der Waals surface area contributed by atoms with Crippen molar-refractivity contribution in [2.75, 3.05) is 5.32 Å². The van der Waals surface area contributed by atoms with Crippen molar-refractivity contribution in [1.29, 1.82) is 0 Å². The summed E-state index contributed by atoms with van der Waals surface area (Å²) in [6, 6.07) is 5.22. The van der Waals surface area contributed by atoms with E-state index >= 15 is 0 Å². The number of thiophene rings is 1. The van der Waals surface area contributed by atoms with Crippen molar-refractivity contribution in [3.63, 3.8) is 0 Å². The molecule has 28 heavy (non-hydrogen) atoms. The van der Waals surface area contributed by atoms with E-state index in [4.69, 9.17) is 0 Å². The third-order valence-electron chi connectivity index (χ3n) is 4.09. The molecular formula is C17H16F3NO5S2. The average Bonchev–Trinajstić information content (AvgIpc) is 3.01. The fraction of sp³-hybridized carbons (Fsp3) is 0.294. The van der Waals surface area contributed by atoms with Crippen LogP contribution in [0.25, 0.3) is 0 Å². The van der Waals surface area contributed by atoms with E-state index in [2.05, 4.69) is 0 Å². The van der Waals surface area contributed by atoms with Gasteiger partial charge in [-0.3, -0.25) is 9.59 Å². The number of carbonyl (C=O) groups excluding carboxylic acids is 2. The van der Waals surface area contributed by atoms with Crippen molar-refractivity contribution in [3.05, 3.63) is 45.6 Å². The number of sulfone groups is 1. The molecule has 0 fully saturated rings. The molecule has 0 unspecified atom stereocenters. The first-order chi connectivity index (χ1) is 12.8. The van der Waals surface area contributed by atoms with Crippen LogP contribution in [0.1, 0.15) is 27.7 Å². The molecule has 1 heterocycles. The van der Waals surface area contributed by atoms with Crippen LogP contribution >= 0.6 is 11.3 Å². The minimum Gasteiger partial charge on any atom is -0.373 e. The smallest absolute Gasteiger partial charge is 0.373 e. The Hall–Kier alpha value is -2.24. The second-order valence-electron chi connectivity index (χ2n) is 6.14. The highest BCUT2D eigenvalue weighted by molar-refractivity contribution is 7.90. The van der Waals surface area contributed by atoms with Crippen molar-refractivity contribution < 1.29 is 36.3 Å². The van der Waals surface area contributed by atoms with Gasteiger partial charge in [-0.2, -0.15) is 13.2 Å². The SMILES string of the molecule is Cc1c(NC(=O)[C@](C)(O)C(F)(F)F)cccc1S(=O)(=O)Cc1ccsc1C=O. The molecule has 6 nitrogen and oxygen atoms in total. The predicted octanol–water partition coefficient (Wildman–Crippen LogP) is 3.09. The first-order valence-electron chi connectivity index (χ1n) is 7.75. The fourth-order valence-electron chi connectivity index (χ4n) is 2.31. The summed E-state index contributed by atoms with van der Waals surface area (Å²) < 4.78 is 63.9. The summed E-state index contributed by atoms with van der Waals surface area (Å²) in [6.45, 7) is 1.62. The number of benzene rings is 1. The molecule has 11 heteroatoms. The minimum atomic E-state index is -5.21. The Kier molecular flexibility index (Phi) is 6.02. The van der Waals surface area contributed by atoms with E-state index in [0.717, 1.165) is 11.3 Å². The zero-order valence-electron chi connectivity index (χ0n) is 14.7. The number of aldehydes is 1. The normalized spacial score (nSPS) is 14.4. The van der Waals surface area contributed by atoms with Crippen molar-refractivity contribution >= 4 is 39.1 Å². The lowest BCUT2D eigenvalue weighted by molar-refractivity contribution is -0.242. The molecule has 1 atom stereocenters. The molecule has 152 valence electrons. The monoisotopic (exact) mass is 435 g/mol. The number of hydrogen-bond acceptors (Lipinski definition) is 6. The summed E-state index contributed by atoms with van der Waals surface area (Å²) in [5.41, 5.74) is -3.52. The third kappa shape index (κ3) is 4.26. The van der Waals surface area contributed by atoms with Gasteiger partial charge in [-0.05, 0) is 48.6 Å². The summed E-state index contributed by atoms with van der Waals surface area (Å²) in [7, 11) is -3.96. The van der Waals surface area contributed by atoms with Gasteiger partial charge in [0.25, 0.3) is 5.91 Å². The zero-order chi connectivity index (χ0) is 21.3. The molecule has 0 radical (unpaired) electrons. The number of aliphatic hydroxyl groups is 1. The maximum Gasteiger partial charge on any atom is 0.426 e. The fourth-order valence-corrected chi connectivity index (χ4v) is 4.81. The highest BCUT2D eigenvalue weighted by Gasteiger charge is 2.55. The molecular weight excluding hydrogens is 419 g/mol. The number of carbonyl (C=O) groups is 2. The average molecular weight is 435 g/mol. The van der Waals surface area contributed by atoms with Crippen LogP contribution < -0.4 is 5.32 Å². The van der Waals surface area contributed by atoms with E-state index in [9.17, 15) is 36.3 Å². The Labute approximate surface area is 162 Å². The first kappa shape index (κ1) is 22.1. The summed E-state index contributed by atoms with van der Waals surface area (Å²) in [6.07, 6.45) is -4.67. The number of halogens is 3. The molecule has 1 aromatic heterocycles. The van der Waals surface area contributed by atoms with Crippen LogP contribution in [0, 0.1) is 6.92 Å². The lowest BCUT2D eigenvalue weighted by atomic mass is 10.1. The highest BCUT2D eigenvalue weighted by Crippen LogP contribution is 2.32. The molecule has 0 bridgehead atoms. The number of nitrogens with one attached hydrogen (secondary N) is 1. The molecule has 2 aromatic rings. The molecule has 0 saturated carbocycles. The number of amides is 1. The van der Waals surface area contributed by atoms with Gasteiger partial charge in [0.05, 0.1) is 15.5 Å². The zero-order valence-corrected chi connectivity index (χ0v) is 16.3. The molecule has 1 amide bonds. The van der Waals surface area contributed by atoms with Gasteiger partial charge < -0.3 is 10.4 Å². The van der Waals surface area contributed by atoms with Crippen molar-refractivity contribution in [2.45, 2.75) is 36.3 Å². The molecule has 0 saturated heterocycles. The predicted molar refractivity (Wildman–Crippen MR) is 97.1 cm³/mol. The minimum absolute atomic E-state index is 0.0108. The van der Waals surface area contributed by atoms with Crippen LogP contribution in [-0.4, -0.2) is 37.5 Å². The highest BCUT2D eigenvalue weighted by atomic mass is 32.2. The molecule has 2 N–H and O–H groups in total. The Morgan fingerprint density at radius 3 is 2.50 bits per heavy atom.